The van der Waals surface area contributed by atoms with Gasteiger partial charge in [0.05, 0.1) is 16.1 Å². The molecule has 1 aliphatic carbocycles. The van der Waals surface area contributed by atoms with Crippen LogP contribution in [-0.2, 0) is 0 Å². The summed E-state index contributed by atoms with van der Waals surface area (Å²) >= 11 is 6.06. The molecule has 0 heterocycles. The lowest BCUT2D eigenvalue weighted by molar-refractivity contribution is 0.103. The van der Waals surface area contributed by atoms with E-state index in [0.717, 1.165) is 12.8 Å². The fraction of sp³-hybridized carbons (Fsp3) is 0.222. The lowest BCUT2D eigenvalue weighted by Gasteiger charge is -2.15. The summed E-state index contributed by atoms with van der Waals surface area (Å²) in [6.45, 7) is 0. The third kappa shape index (κ3) is 2.86. The molecule has 0 amide bonds. The number of nitrogens with zero attached hydrogens (tertiary/aromatic N) is 1. The van der Waals surface area contributed by atoms with Crippen LogP contribution < -0.4 is 11.5 Å². The van der Waals surface area contributed by atoms with Crippen molar-refractivity contribution in [3.8, 4) is 6.07 Å². The molecule has 2 aromatic rings. The third-order valence-electron chi connectivity index (χ3n) is 4.27. The normalized spacial score (nSPS) is 14.9. The highest BCUT2D eigenvalue weighted by Crippen LogP contribution is 2.41. The predicted octanol–water partition coefficient (Wildman–Crippen LogP) is 3.57. The molecule has 122 valence electrons. The van der Waals surface area contributed by atoms with Crippen LogP contribution in [0.2, 0.25) is 5.02 Å². The first-order valence-electron chi connectivity index (χ1n) is 7.51. The molecule has 6 heteroatoms. The number of hydrogen-bond donors (Lipinski definition) is 2. The molecule has 1 atom stereocenters. The van der Waals surface area contributed by atoms with E-state index in [4.69, 9.17) is 28.3 Å². The van der Waals surface area contributed by atoms with Gasteiger partial charge in [0.15, 0.2) is 5.78 Å². The van der Waals surface area contributed by atoms with E-state index in [2.05, 4.69) is 0 Å². The van der Waals surface area contributed by atoms with Crippen LogP contribution in [-0.4, -0.2) is 5.78 Å². The van der Waals surface area contributed by atoms with Crippen LogP contribution in [0.4, 0.5) is 10.1 Å². The molecular weight excluding hydrogens is 329 g/mol. The molecule has 2 aromatic carbocycles. The van der Waals surface area contributed by atoms with Crippen molar-refractivity contribution >= 4 is 23.1 Å². The summed E-state index contributed by atoms with van der Waals surface area (Å²) in [4.78, 5) is 12.7. The number of hydrogen-bond acceptors (Lipinski definition) is 4. The van der Waals surface area contributed by atoms with Crippen LogP contribution in [0.25, 0.3) is 0 Å². The van der Waals surface area contributed by atoms with Gasteiger partial charge in [0.2, 0.25) is 0 Å². The molecule has 0 radical (unpaired) electrons. The zero-order valence-corrected chi connectivity index (χ0v) is 13.5. The average molecular weight is 344 g/mol. The first-order valence-corrected chi connectivity index (χ1v) is 7.89. The topological polar surface area (TPSA) is 92.9 Å². The number of benzene rings is 2. The summed E-state index contributed by atoms with van der Waals surface area (Å²) in [5.41, 5.74) is 12.4. The van der Waals surface area contributed by atoms with Gasteiger partial charge in [-0.05, 0) is 43.0 Å². The Morgan fingerprint density at radius 2 is 2.04 bits per heavy atom. The lowest BCUT2D eigenvalue weighted by Crippen LogP contribution is -2.17. The van der Waals surface area contributed by atoms with Crippen LogP contribution in [0, 0.1) is 23.1 Å². The number of carbonyl (C=O) groups excluding carboxylic acids is 1. The molecule has 0 unspecified atom stereocenters. The Hall–Kier alpha value is -2.42. The average Bonchev–Trinajstić information content (AvgIpc) is 3.39. The van der Waals surface area contributed by atoms with Crippen molar-refractivity contribution in [2.75, 3.05) is 5.73 Å². The standard InChI is InChI=1S/C18H15ClFN3O/c19-13-5-4-12(17(23)9-1-2-9)16(20)15(13)18(24)10-3-6-14(22)11(7-10)8-21/h3-7,9,17H,1-2,22-23H2/t17-/m1/s1. The molecule has 4 N–H and O–H groups in total. The minimum atomic E-state index is -0.692. The molecule has 3 rings (SSSR count). The van der Waals surface area contributed by atoms with Gasteiger partial charge in [-0.1, -0.05) is 17.7 Å². The highest BCUT2D eigenvalue weighted by molar-refractivity contribution is 6.35. The molecule has 24 heavy (non-hydrogen) atoms. The summed E-state index contributed by atoms with van der Waals surface area (Å²) < 4.78 is 14.9. The third-order valence-corrected chi connectivity index (χ3v) is 4.59. The van der Waals surface area contributed by atoms with E-state index in [1.165, 1.54) is 30.3 Å². The van der Waals surface area contributed by atoms with Gasteiger partial charge in [-0.15, -0.1) is 0 Å². The number of rotatable bonds is 4. The summed E-state index contributed by atoms with van der Waals surface area (Å²) in [5.74, 6) is -1.05. The Labute approximate surface area is 143 Å². The van der Waals surface area contributed by atoms with Gasteiger partial charge in [-0.25, -0.2) is 4.39 Å². The molecule has 4 nitrogen and oxygen atoms in total. The second-order valence-corrected chi connectivity index (χ2v) is 6.34. The van der Waals surface area contributed by atoms with E-state index in [9.17, 15) is 9.18 Å². The van der Waals surface area contributed by atoms with Crippen molar-refractivity contribution in [3.63, 3.8) is 0 Å². The summed E-state index contributed by atoms with van der Waals surface area (Å²) in [6, 6.07) is 8.69. The summed E-state index contributed by atoms with van der Waals surface area (Å²) in [7, 11) is 0. The first kappa shape index (κ1) is 16.4. The van der Waals surface area contributed by atoms with Crippen molar-refractivity contribution in [1.82, 2.24) is 0 Å². The van der Waals surface area contributed by atoms with E-state index >= 15 is 0 Å². The summed E-state index contributed by atoms with van der Waals surface area (Å²) in [5, 5.41) is 9.04. The number of nitriles is 1. The predicted molar refractivity (Wildman–Crippen MR) is 90.1 cm³/mol. The fourth-order valence-electron chi connectivity index (χ4n) is 2.68. The van der Waals surface area contributed by atoms with E-state index in [-0.39, 0.29) is 33.3 Å². The number of nitrogen functional groups attached to an aromatic ring is 1. The van der Waals surface area contributed by atoms with Crippen LogP contribution >= 0.6 is 11.6 Å². The number of nitrogens with two attached hydrogens (primary N) is 2. The zero-order valence-electron chi connectivity index (χ0n) is 12.7. The zero-order chi connectivity index (χ0) is 17.4. The van der Waals surface area contributed by atoms with Crippen LogP contribution in [0.15, 0.2) is 30.3 Å². The van der Waals surface area contributed by atoms with Crippen LogP contribution in [0.3, 0.4) is 0 Å². The molecule has 1 fully saturated rings. The molecular formula is C18H15ClFN3O. The maximum atomic E-state index is 14.9. The Balaban J connectivity index is 2.06. The smallest absolute Gasteiger partial charge is 0.197 e. The fourth-order valence-corrected chi connectivity index (χ4v) is 2.91. The second-order valence-electron chi connectivity index (χ2n) is 5.93. The maximum absolute atomic E-state index is 14.9. The van der Waals surface area contributed by atoms with Crippen molar-refractivity contribution in [2.45, 2.75) is 18.9 Å². The number of carbonyl (C=O) groups is 1. The van der Waals surface area contributed by atoms with E-state index in [1.54, 1.807) is 0 Å². The van der Waals surface area contributed by atoms with Crippen molar-refractivity contribution in [2.24, 2.45) is 11.7 Å². The molecule has 0 saturated heterocycles. The van der Waals surface area contributed by atoms with Gasteiger partial charge >= 0.3 is 0 Å². The van der Waals surface area contributed by atoms with Gasteiger partial charge in [-0.3, -0.25) is 4.79 Å². The molecule has 0 bridgehead atoms. The lowest BCUT2D eigenvalue weighted by atomic mass is 9.95. The Morgan fingerprint density at radius 1 is 1.33 bits per heavy atom. The quantitative estimate of drug-likeness (QED) is 0.655. The maximum Gasteiger partial charge on any atom is 0.197 e. The molecule has 1 saturated carbocycles. The number of anilines is 1. The van der Waals surface area contributed by atoms with Crippen LogP contribution in [0.5, 0.6) is 0 Å². The molecule has 0 spiro atoms. The number of halogens is 2. The van der Waals surface area contributed by atoms with E-state index in [0.29, 0.717) is 5.56 Å². The number of ketones is 1. The highest BCUT2D eigenvalue weighted by atomic mass is 35.5. The van der Waals surface area contributed by atoms with E-state index in [1.807, 2.05) is 6.07 Å². The summed E-state index contributed by atoms with van der Waals surface area (Å²) in [6.07, 6.45) is 1.91. The minimum Gasteiger partial charge on any atom is -0.398 e. The van der Waals surface area contributed by atoms with Crippen molar-refractivity contribution in [1.29, 1.82) is 5.26 Å². The molecule has 1 aliphatic rings. The SMILES string of the molecule is N#Cc1cc(C(=O)c2c(Cl)ccc([C@H](N)C3CC3)c2F)ccc1N. The van der Waals surface area contributed by atoms with Gasteiger partial charge in [0.25, 0.3) is 0 Å². The van der Waals surface area contributed by atoms with Crippen LogP contribution in [0.1, 0.15) is 45.9 Å². The largest absolute Gasteiger partial charge is 0.398 e. The van der Waals surface area contributed by atoms with Gasteiger partial charge in [0.1, 0.15) is 11.9 Å². The molecule has 0 aromatic heterocycles. The molecule has 0 aliphatic heterocycles. The minimum absolute atomic E-state index is 0.0135. The monoisotopic (exact) mass is 343 g/mol. The van der Waals surface area contributed by atoms with Gasteiger partial charge in [0, 0.05) is 22.9 Å². The van der Waals surface area contributed by atoms with Gasteiger partial charge < -0.3 is 11.5 Å². The Morgan fingerprint density at radius 3 is 2.67 bits per heavy atom. The van der Waals surface area contributed by atoms with Crippen molar-refractivity contribution < 1.29 is 9.18 Å². The van der Waals surface area contributed by atoms with Gasteiger partial charge in [-0.2, -0.15) is 5.26 Å². The Bertz CT molecular complexity index is 871. The second kappa shape index (κ2) is 6.23. The Kier molecular flexibility index (Phi) is 4.27. The van der Waals surface area contributed by atoms with E-state index < -0.39 is 17.6 Å². The first-order chi connectivity index (χ1) is 11.4. The highest BCUT2D eigenvalue weighted by Gasteiger charge is 2.33. The van der Waals surface area contributed by atoms with Crippen molar-refractivity contribution in [3.05, 3.63) is 63.4 Å².